The number of aromatic carboxylic acids is 1. The van der Waals surface area contributed by atoms with E-state index >= 15 is 0 Å². The van der Waals surface area contributed by atoms with Crippen LogP contribution in [0.4, 0.5) is 5.69 Å². The smallest absolute Gasteiger partial charge is 0.348 e. The third-order valence-electron chi connectivity index (χ3n) is 5.14. The minimum Gasteiger partial charge on any atom is -0.477 e. The lowest BCUT2D eigenvalue weighted by molar-refractivity contribution is -0.124. The molecule has 1 aromatic heterocycles. The summed E-state index contributed by atoms with van der Waals surface area (Å²) >= 11 is 1.21. The molecule has 0 aromatic carbocycles. The predicted molar refractivity (Wildman–Crippen MR) is 87.5 cm³/mol. The highest BCUT2D eigenvalue weighted by Crippen LogP contribution is 2.38. The normalized spacial score (nSPS) is 25.5. The Morgan fingerprint density at radius 3 is 2.41 bits per heavy atom. The van der Waals surface area contributed by atoms with Crippen LogP contribution in [0.15, 0.2) is 11.4 Å². The molecule has 2 fully saturated rings. The van der Waals surface area contributed by atoms with Gasteiger partial charge in [-0.05, 0) is 62.3 Å². The Kier molecular flexibility index (Phi) is 4.52. The summed E-state index contributed by atoms with van der Waals surface area (Å²) in [6.07, 6.45) is 7.19. The minimum atomic E-state index is -0.931. The van der Waals surface area contributed by atoms with Crippen LogP contribution >= 0.6 is 11.3 Å². The molecular formula is C17H23NO3S. The summed E-state index contributed by atoms with van der Waals surface area (Å²) < 4.78 is 0. The summed E-state index contributed by atoms with van der Waals surface area (Å²) in [4.78, 5) is 26.6. The quantitative estimate of drug-likeness (QED) is 0.906. The van der Waals surface area contributed by atoms with Gasteiger partial charge < -0.3 is 10.0 Å². The molecule has 2 aliphatic rings. The maximum Gasteiger partial charge on any atom is 0.348 e. The maximum absolute atomic E-state index is 13.1. The lowest BCUT2D eigenvalue weighted by Gasteiger charge is -2.40. The van der Waals surface area contributed by atoms with Crippen LogP contribution in [0.2, 0.25) is 0 Å². The van der Waals surface area contributed by atoms with Crippen molar-refractivity contribution in [2.24, 2.45) is 11.8 Å². The molecule has 3 rings (SSSR count). The van der Waals surface area contributed by atoms with Gasteiger partial charge in [-0.3, -0.25) is 4.79 Å². The van der Waals surface area contributed by atoms with E-state index in [-0.39, 0.29) is 17.9 Å². The van der Waals surface area contributed by atoms with Crippen LogP contribution < -0.4 is 4.90 Å². The molecule has 0 saturated heterocycles. The summed E-state index contributed by atoms with van der Waals surface area (Å²) in [5.74, 6) is -0.00725. The van der Waals surface area contributed by atoms with Crippen molar-refractivity contribution in [3.05, 3.63) is 16.3 Å². The molecule has 0 atom stereocenters. The molecule has 22 heavy (non-hydrogen) atoms. The topological polar surface area (TPSA) is 57.6 Å². The van der Waals surface area contributed by atoms with Gasteiger partial charge in [0.2, 0.25) is 5.91 Å². The van der Waals surface area contributed by atoms with Gasteiger partial charge in [0.05, 0.1) is 5.69 Å². The summed E-state index contributed by atoms with van der Waals surface area (Å²) in [5, 5.41) is 11.2. The number of nitrogens with zero attached hydrogens (tertiary/aromatic N) is 1. The van der Waals surface area contributed by atoms with E-state index in [0.29, 0.717) is 16.5 Å². The standard InChI is InChI=1S/C17H23NO3S/c1-11-5-7-12(8-6-11)16(19)18(13-3-2-4-13)14-9-10-22-15(14)17(20)21/h9-13H,2-8H2,1H3,(H,20,21). The molecule has 2 saturated carbocycles. The Balaban J connectivity index is 1.85. The number of carboxylic acid groups (broad SMARTS) is 1. The average molecular weight is 321 g/mol. The Bertz CT molecular complexity index is 556. The van der Waals surface area contributed by atoms with E-state index in [2.05, 4.69) is 6.92 Å². The van der Waals surface area contributed by atoms with E-state index in [1.165, 1.54) is 11.3 Å². The van der Waals surface area contributed by atoms with Gasteiger partial charge >= 0.3 is 5.97 Å². The van der Waals surface area contributed by atoms with Gasteiger partial charge in [0.1, 0.15) is 4.88 Å². The first-order valence-corrected chi connectivity index (χ1v) is 9.09. The molecule has 1 N–H and O–H groups in total. The molecule has 0 unspecified atom stereocenters. The van der Waals surface area contributed by atoms with E-state index in [1.807, 2.05) is 4.90 Å². The van der Waals surface area contributed by atoms with Gasteiger partial charge in [-0.2, -0.15) is 0 Å². The van der Waals surface area contributed by atoms with Crippen molar-refractivity contribution in [2.45, 2.75) is 57.9 Å². The zero-order valence-electron chi connectivity index (χ0n) is 13.0. The maximum atomic E-state index is 13.1. The number of amides is 1. The Morgan fingerprint density at radius 1 is 1.18 bits per heavy atom. The van der Waals surface area contributed by atoms with Gasteiger partial charge in [-0.25, -0.2) is 4.79 Å². The summed E-state index contributed by atoms with van der Waals surface area (Å²) in [6.45, 7) is 2.24. The van der Waals surface area contributed by atoms with Crippen molar-refractivity contribution in [1.82, 2.24) is 0 Å². The number of carboxylic acids is 1. The Morgan fingerprint density at radius 2 is 1.86 bits per heavy atom. The minimum absolute atomic E-state index is 0.0679. The van der Waals surface area contributed by atoms with Crippen molar-refractivity contribution in [2.75, 3.05) is 4.90 Å². The van der Waals surface area contributed by atoms with Crippen LogP contribution in [0.25, 0.3) is 0 Å². The van der Waals surface area contributed by atoms with Crippen LogP contribution in [0.5, 0.6) is 0 Å². The molecule has 4 nitrogen and oxygen atoms in total. The SMILES string of the molecule is CC1CCC(C(=O)N(c2ccsc2C(=O)O)C2CCC2)CC1. The molecule has 2 aliphatic carbocycles. The number of carbonyl (C=O) groups excluding carboxylic acids is 1. The fraction of sp³-hybridized carbons (Fsp3) is 0.647. The lowest BCUT2D eigenvalue weighted by atomic mass is 9.81. The van der Waals surface area contributed by atoms with E-state index in [1.54, 1.807) is 11.4 Å². The van der Waals surface area contributed by atoms with Crippen molar-refractivity contribution in [3.8, 4) is 0 Å². The number of hydrogen-bond donors (Lipinski definition) is 1. The third kappa shape index (κ3) is 2.91. The zero-order valence-corrected chi connectivity index (χ0v) is 13.8. The second-order valence-electron chi connectivity index (χ2n) is 6.69. The highest BCUT2D eigenvalue weighted by Gasteiger charge is 2.37. The van der Waals surface area contributed by atoms with Gasteiger partial charge in [-0.1, -0.05) is 6.92 Å². The van der Waals surface area contributed by atoms with Crippen LogP contribution in [-0.2, 0) is 4.79 Å². The first kappa shape index (κ1) is 15.5. The van der Waals surface area contributed by atoms with Crippen molar-refractivity contribution in [3.63, 3.8) is 0 Å². The molecule has 1 amide bonds. The van der Waals surface area contributed by atoms with Crippen LogP contribution in [0.1, 0.15) is 61.5 Å². The monoisotopic (exact) mass is 321 g/mol. The van der Waals surface area contributed by atoms with Crippen LogP contribution in [-0.4, -0.2) is 23.0 Å². The Hall–Kier alpha value is -1.36. The number of hydrogen-bond acceptors (Lipinski definition) is 3. The highest BCUT2D eigenvalue weighted by molar-refractivity contribution is 7.12. The van der Waals surface area contributed by atoms with E-state index in [0.717, 1.165) is 44.9 Å². The first-order valence-electron chi connectivity index (χ1n) is 8.21. The number of carbonyl (C=O) groups is 2. The molecule has 0 bridgehead atoms. The van der Waals surface area contributed by atoms with Crippen molar-refractivity contribution >= 4 is 28.9 Å². The predicted octanol–water partition coefficient (Wildman–Crippen LogP) is 4.16. The second-order valence-corrected chi connectivity index (χ2v) is 7.61. The molecule has 0 radical (unpaired) electrons. The molecule has 0 spiro atoms. The summed E-state index contributed by atoms with van der Waals surface area (Å²) in [7, 11) is 0. The van der Waals surface area contributed by atoms with Gasteiger partial charge in [0.15, 0.2) is 0 Å². The summed E-state index contributed by atoms with van der Waals surface area (Å²) in [5.41, 5.74) is 0.617. The average Bonchev–Trinajstić information content (AvgIpc) is 2.92. The zero-order chi connectivity index (χ0) is 15.7. The number of rotatable bonds is 4. The van der Waals surface area contributed by atoms with E-state index < -0.39 is 5.97 Å². The van der Waals surface area contributed by atoms with Crippen LogP contribution in [0, 0.1) is 11.8 Å². The van der Waals surface area contributed by atoms with Gasteiger partial charge in [0, 0.05) is 12.0 Å². The van der Waals surface area contributed by atoms with E-state index in [9.17, 15) is 14.7 Å². The molecule has 0 aliphatic heterocycles. The molecular weight excluding hydrogens is 298 g/mol. The number of thiophene rings is 1. The summed E-state index contributed by atoms with van der Waals surface area (Å²) in [6, 6.07) is 2.00. The van der Waals surface area contributed by atoms with Crippen LogP contribution in [0.3, 0.4) is 0 Å². The first-order chi connectivity index (χ1) is 10.6. The van der Waals surface area contributed by atoms with Gasteiger partial charge in [0.25, 0.3) is 0 Å². The second kappa shape index (κ2) is 6.41. The molecule has 5 heteroatoms. The van der Waals surface area contributed by atoms with E-state index in [4.69, 9.17) is 0 Å². The highest BCUT2D eigenvalue weighted by atomic mass is 32.1. The Labute approximate surface area is 135 Å². The number of anilines is 1. The fourth-order valence-corrected chi connectivity index (χ4v) is 4.22. The molecule has 1 heterocycles. The molecule has 120 valence electrons. The molecule has 1 aromatic rings. The fourth-order valence-electron chi connectivity index (χ4n) is 3.50. The van der Waals surface area contributed by atoms with Crippen molar-refractivity contribution in [1.29, 1.82) is 0 Å². The lowest BCUT2D eigenvalue weighted by Crippen LogP contribution is -2.48. The third-order valence-corrected chi connectivity index (χ3v) is 6.03. The van der Waals surface area contributed by atoms with Gasteiger partial charge in [-0.15, -0.1) is 11.3 Å². The largest absolute Gasteiger partial charge is 0.477 e. The van der Waals surface area contributed by atoms with Crippen molar-refractivity contribution < 1.29 is 14.7 Å².